The number of ketones is 2. The number of carbonyl (C=O) groups excluding carboxylic acids is 3. The van der Waals surface area contributed by atoms with Crippen LogP contribution in [0.1, 0.15) is 127 Å². The molecule has 0 unspecified atom stereocenters. The first-order chi connectivity index (χ1) is 25.0. The van der Waals surface area contributed by atoms with Gasteiger partial charge < -0.3 is 31.3 Å². The molecule has 2 saturated carbocycles. The van der Waals surface area contributed by atoms with Crippen LogP contribution >= 0.6 is 11.6 Å². The number of nitrogens with one attached hydrogen (secondary N) is 1. The molecule has 0 bridgehead atoms. The number of nitrogens with zero attached hydrogens (tertiary/aromatic N) is 1. The van der Waals surface area contributed by atoms with Crippen molar-refractivity contribution in [1.29, 1.82) is 0 Å². The van der Waals surface area contributed by atoms with Crippen molar-refractivity contribution in [1.82, 2.24) is 10.2 Å². The fourth-order valence-electron chi connectivity index (χ4n) is 6.93. The maximum Gasteiger partial charge on any atom is 1.00 e. The van der Waals surface area contributed by atoms with E-state index < -0.39 is 0 Å². The summed E-state index contributed by atoms with van der Waals surface area (Å²) in [6.45, 7) is 7.47. The van der Waals surface area contributed by atoms with Gasteiger partial charge in [0.25, 0.3) is 6.47 Å². The Hall–Kier alpha value is 0.358. The summed E-state index contributed by atoms with van der Waals surface area (Å²) in [5, 5.41) is 11.7. The van der Waals surface area contributed by atoms with Crippen LogP contribution in [0.15, 0.2) is 48.5 Å². The van der Waals surface area contributed by atoms with Gasteiger partial charge in [0.1, 0.15) is 23.1 Å². The fraction of sp³-hybridized carbons (Fsp3) is 0.634. The second kappa shape index (κ2) is 35.3. The van der Waals surface area contributed by atoms with Crippen LogP contribution in [-0.2, 0) is 19.3 Å². The molecule has 4 fully saturated rings. The predicted octanol–water partition coefficient (Wildman–Crippen LogP) is 1.02. The van der Waals surface area contributed by atoms with Crippen molar-refractivity contribution in [3.63, 3.8) is 0 Å². The van der Waals surface area contributed by atoms with Crippen molar-refractivity contribution in [2.24, 2.45) is 0 Å². The normalized spacial score (nSPS) is 17.4. The summed E-state index contributed by atoms with van der Waals surface area (Å²) in [6.07, 6.45) is 17.3. The maximum atomic E-state index is 11.3. The molecule has 2 saturated heterocycles. The Kier molecular flexibility index (Phi) is 35.5. The number of likely N-dealkylation sites (tertiary alicyclic amines) is 1. The number of alkyl halides is 1. The Morgan fingerprint density at radius 2 is 1.11 bits per heavy atom. The number of piperidine rings is 2. The second-order valence-corrected chi connectivity index (χ2v) is 14.1. The average molecular weight is 818 g/mol. The molecule has 9 nitrogen and oxygen atoms in total. The number of halogens is 1. The predicted molar refractivity (Wildman–Crippen MR) is 207 cm³/mol. The molecule has 0 aromatic heterocycles. The smallest absolute Gasteiger partial charge is 1.00 e. The standard InChI is InChI=1S/C20H29NO2.C15H19ClO2.C5H11N.CH2O3.B.2K.H/c22-19-9-5-17(6-10-19)18-7-11-20(12-8-18)23-16-4-15-21-13-2-1-3-14-21;16-10-1-11-18-15-8-4-13(5-9-15)12-2-6-14(17)7-3-12;1-2-4-6-5-3-1;2-1-4-3;;;;/h7-8,11-12,17H,1-6,9-10,13-16H2;4-5,8-9,12H,1-3,6-7,10-11H2;6H,1-5H2;1,3H;;;;/q;;;;;2*+1;-1/p-1. The summed E-state index contributed by atoms with van der Waals surface area (Å²) < 4.78 is 11.4. The third-order valence-electron chi connectivity index (χ3n) is 9.92. The summed E-state index contributed by atoms with van der Waals surface area (Å²) in [6, 6.07) is 16.8. The molecule has 2 aliphatic heterocycles. The van der Waals surface area contributed by atoms with Gasteiger partial charge in [-0.3, -0.25) is 14.4 Å². The topological polar surface area (TPSA) is 117 Å². The van der Waals surface area contributed by atoms with E-state index in [0.717, 1.165) is 88.9 Å². The van der Waals surface area contributed by atoms with Crippen molar-refractivity contribution in [3.05, 3.63) is 59.7 Å². The number of hydrogen-bond acceptors (Lipinski definition) is 9. The molecule has 2 aromatic rings. The monoisotopic (exact) mass is 817 g/mol. The Labute approximate surface area is 418 Å². The van der Waals surface area contributed by atoms with Crippen molar-refractivity contribution in [2.75, 3.05) is 51.8 Å². The second-order valence-electron chi connectivity index (χ2n) is 13.8. The van der Waals surface area contributed by atoms with Crippen LogP contribution in [0.3, 0.4) is 0 Å². The molecule has 0 amide bonds. The van der Waals surface area contributed by atoms with E-state index in [0.29, 0.717) is 35.9 Å². The molecule has 2 heterocycles. The van der Waals surface area contributed by atoms with Gasteiger partial charge in [-0.15, -0.1) is 11.6 Å². The first-order valence-corrected chi connectivity index (χ1v) is 19.8. The van der Waals surface area contributed by atoms with Crippen LogP contribution in [0.5, 0.6) is 11.5 Å². The molecular formula is C41H61BClK2N2O7. The molecule has 54 heavy (non-hydrogen) atoms. The van der Waals surface area contributed by atoms with Crippen LogP contribution in [0.25, 0.3) is 0 Å². The van der Waals surface area contributed by atoms with Crippen molar-refractivity contribution >= 4 is 38.1 Å². The molecule has 13 heteroatoms. The number of benzene rings is 2. The average Bonchev–Trinajstić information content (AvgIpc) is 3.19. The quantitative estimate of drug-likeness (QED) is 0.0838. The molecule has 289 valence electrons. The zero-order valence-electron chi connectivity index (χ0n) is 34.1. The van der Waals surface area contributed by atoms with Crippen LogP contribution in [0.2, 0.25) is 0 Å². The molecular weight excluding hydrogens is 757 g/mol. The van der Waals surface area contributed by atoms with Gasteiger partial charge in [-0.25, -0.2) is 0 Å². The van der Waals surface area contributed by atoms with E-state index in [4.69, 9.17) is 31.1 Å². The van der Waals surface area contributed by atoms with E-state index in [1.165, 1.54) is 75.8 Å². The first kappa shape index (κ1) is 54.4. The Morgan fingerprint density at radius 1 is 0.704 bits per heavy atom. The molecule has 6 rings (SSSR count). The number of Topliss-reactive ketones (excluding diaryl/α,β-unsaturated/α-hetero) is 2. The molecule has 0 atom stereocenters. The Bertz CT molecular complexity index is 1210. The van der Waals surface area contributed by atoms with E-state index in [2.05, 4.69) is 51.5 Å². The maximum absolute atomic E-state index is 11.3. The number of ether oxygens (including phenoxy) is 2. The molecule has 4 aliphatic rings. The summed E-state index contributed by atoms with van der Waals surface area (Å²) in [5.74, 6) is 4.44. The fourth-order valence-corrected chi connectivity index (χ4v) is 7.04. The summed E-state index contributed by atoms with van der Waals surface area (Å²) in [4.78, 5) is 36.3. The largest absolute Gasteiger partial charge is 1.00 e. The van der Waals surface area contributed by atoms with Gasteiger partial charge in [0.2, 0.25) is 0 Å². The van der Waals surface area contributed by atoms with Crippen molar-refractivity contribution in [2.45, 2.75) is 115 Å². The van der Waals surface area contributed by atoms with Crippen molar-refractivity contribution < 1.29 is 138 Å². The molecule has 1 N–H and O–H groups in total. The Morgan fingerprint density at radius 3 is 1.46 bits per heavy atom. The Balaban J connectivity index is 0. The van der Waals surface area contributed by atoms with Crippen LogP contribution in [0, 0.1) is 0 Å². The third kappa shape index (κ3) is 24.3. The minimum atomic E-state index is -0.181. The van der Waals surface area contributed by atoms with Gasteiger partial charge in [-0.2, -0.15) is 0 Å². The van der Waals surface area contributed by atoms with Crippen LogP contribution in [0.4, 0.5) is 0 Å². The van der Waals surface area contributed by atoms with Crippen LogP contribution in [-0.4, -0.2) is 83.2 Å². The van der Waals surface area contributed by atoms with Gasteiger partial charge in [0.15, 0.2) is 0 Å². The van der Waals surface area contributed by atoms with Gasteiger partial charge >= 0.3 is 103 Å². The van der Waals surface area contributed by atoms with Gasteiger partial charge in [0.05, 0.1) is 13.2 Å². The van der Waals surface area contributed by atoms with E-state index in [1.807, 2.05) is 12.1 Å². The molecule has 2 aliphatic carbocycles. The minimum Gasteiger partial charge on any atom is -1.00 e. The zero-order chi connectivity index (χ0) is 36.4. The zero-order valence-corrected chi connectivity index (χ0v) is 40.1. The van der Waals surface area contributed by atoms with Gasteiger partial charge in [0, 0.05) is 46.5 Å². The first-order valence-electron chi connectivity index (χ1n) is 19.2. The number of hydrogen-bond donors (Lipinski definition) is 1. The van der Waals surface area contributed by atoms with Gasteiger partial charge in [-0.1, -0.05) is 37.1 Å². The SMILES string of the molecule is C1CCNCC1.O=C1CCC(c2ccc(OCCCCl)cc2)CC1.O=C1CCC(c2ccc(OCCCN3CCCCC3)cc2)CC1.O=CO[O-].[B].[H-].[K+].[K+]. The number of rotatable bonds is 12. The molecule has 2 aromatic carbocycles. The van der Waals surface area contributed by atoms with E-state index in [1.54, 1.807) is 0 Å². The van der Waals surface area contributed by atoms with Crippen LogP contribution < -0.4 is 123 Å². The summed E-state index contributed by atoms with van der Waals surface area (Å²) >= 11 is 5.60. The number of carbonyl (C=O) groups is 3. The third-order valence-corrected chi connectivity index (χ3v) is 10.2. The van der Waals surface area contributed by atoms with Gasteiger partial charge in [-0.05, 0) is 138 Å². The minimum absolute atomic E-state index is 0. The van der Waals surface area contributed by atoms with E-state index in [9.17, 15) is 9.59 Å². The summed E-state index contributed by atoms with van der Waals surface area (Å²) in [5.41, 5.74) is 2.69. The van der Waals surface area contributed by atoms with Crippen molar-refractivity contribution in [3.8, 4) is 11.5 Å². The molecule has 0 spiro atoms. The van der Waals surface area contributed by atoms with E-state index >= 15 is 0 Å². The summed E-state index contributed by atoms with van der Waals surface area (Å²) in [7, 11) is 0. The van der Waals surface area contributed by atoms with E-state index in [-0.39, 0.29) is 119 Å². The molecule has 3 radical (unpaired) electrons.